The van der Waals surface area contributed by atoms with Crippen molar-refractivity contribution in [3.63, 3.8) is 0 Å². The fourth-order valence-electron chi connectivity index (χ4n) is 4.49. The summed E-state index contributed by atoms with van der Waals surface area (Å²) < 4.78 is 53.5. The number of hydrogen-bond acceptors (Lipinski definition) is 5. The number of anilines is 2. The fraction of sp³-hybridized carbons (Fsp3) is 0.375. The zero-order valence-corrected chi connectivity index (χ0v) is 19.4. The molecule has 0 radical (unpaired) electrons. The first-order chi connectivity index (χ1) is 16.7. The molecule has 1 amide bonds. The van der Waals surface area contributed by atoms with Crippen molar-refractivity contribution in [3.05, 3.63) is 58.9 Å². The molecule has 0 unspecified atom stereocenters. The molecule has 0 aliphatic heterocycles. The number of benzene rings is 1. The summed E-state index contributed by atoms with van der Waals surface area (Å²) in [7, 11) is 0. The van der Waals surface area contributed by atoms with Crippen LogP contribution >= 0.6 is 11.6 Å². The molecule has 0 spiro atoms. The number of alkyl halides is 4. The monoisotopic (exact) mass is 509 g/mol. The van der Waals surface area contributed by atoms with Crippen LogP contribution in [0.5, 0.6) is 0 Å². The standard InChI is InChI=1S/C24H24ClF4N5O/c25-15-2-7-19-18(11-15)20(12-21(33-19)24(27,28)29)32-16-3-5-17(6-4-16)34(10-9-26)22-8-1-14(13-31-22)23(30)35/h1-2,7-8,11-13,16-17H,3-6,9-10H2,(H2,30,35)(H,32,33). The van der Waals surface area contributed by atoms with E-state index in [0.717, 1.165) is 6.07 Å². The van der Waals surface area contributed by atoms with Gasteiger partial charge in [0.2, 0.25) is 5.91 Å². The first-order valence-electron chi connectivity index (χ1n) is 11.2. The van der Waals surface area contributed by atoms with Crippen molar-refractivity contribution in [2.75, 3.05) is 23.4 Å². The topological polar surface area (TPSA) is 84.1 Å². The van der Waals surface area contributed by atoms with E-state index >= 15 is 0 Å². The zero-order chi connectivity index (χ0) is 25.2. The number of carbonyl (C=O) groups excluding carboxylic acids is 1. The second-order valence-corrected chi connectivity index (χ2v) is 8.95. The number of nitrogens with zero attached hydrogens (tertiary/aromatic N) is 3. The summed E-state index contributed by atoms with van der Waals surface area (Å²) in [5.74, 6) is -0.0417. The van der Waals surface area contributed by atoms with Gasteiger partial charge in [0.25, 0.3) is 0 Å². The van der Waals surface area contributed by atoms with E-state index in [-0.39, 0.29) is 29.7 Å². The van der Waals surface area contributed by atoms with Crippen LogP contribution in [0.3, 0.4) is 0 Å². The molecule has 1 aromatic carbocycles. The van der Waals surface area contributed by atoms with Crippen molar-refractivity contribution < 1.29 is 22.4 Å². The largest absolute Gasteiger partial charge is 0.433 e. The number of aromatic nitrogens is 2. The molecule has 1 aliphatic carbocycles. The minimum Gasteiger partial charge on any atom is -0.382 e. The Labute approximate surface area is 204 Å². The molecule has 186 valence electrons. The minimum atomic E-state index is -4.58. The van der Waals surface area contributed by atoms with E-state index in [1.807, 2.05) is 4.90 Å². The van der Waals surface area contributed by atoms with E-state index in [9.17, 15) is 22.4 Å². The number of fused-ring (bicyclic) bond motifs is 1. The fourth-order valence-corrected chi connectivity index (χ4v) is 4.66. The highest BCUT2D eigenvalue weighted by Gasteiger charge is 2.34. The van der Waals surface area contributed by atoms with Gasteiger partial charge < -0.3 is 16.0 Å². The van der Waals surface area contributed by atoms with Crippen LogP contribution in [-0.2, 0) is 6.18 Å². The molecule has 2 heterocycles. The summed E-state index contributed by atoms with van der Waals surface area (Å²) in [6.07, 6.45) is -0.503. The normalized spacial score (nSPS) is 18.4. The number of rotatable bonds is 7. The molecule has 4 rings (SSSR count). The molecule has 1 saturated carbocycles. The number of nitrogens with two attached hydrogens (primary N) is 1. The van der Waals surface area contributed by atoms with E-state index in [1.165, 1.54) is 18.3 Å². The highest BCUT2D eigenvalue weighted by molar-refractivity contribution is 6.31. The first-order valence-corrected chi connectivity index (χ1v) is 11.6. The quantitative estimate of drug-likeness (QED) is 0.405. The Hall–Kier alpha value is -3.14. The number of pyridine rings is 2. The number of amides is 1. The van der Waals surface area contributed by atoms with Gasteiger partial charge in [0.05, 0.1) is 11.1 Å². The second-order valence-electron chi connectivity index (χ2n) is 8.52. The Kier molecular flexibility index (Phi) is 7.30. The summed E-state index contributed by atoms with van der Waals surface area (Å²) in [6.45, 7) is -0.421. The van der Waals surface area contributed by atoms with Gasteiger partial charge in [0.15, 0.2) is 0 Å². The molecule has 35 heavy (non-hydrogen) atoms. The molecular formula is C24H24ClF4N5O. The highest BCUT2D eigenvalue weighted by Crippen LogP contribution is 2.36. The van der Waals surface area contributed by atoms with Crippen molar-refractivity contribution in [1.82, 2.24) is 9.97 Å². The average Bonchev–Trinajstić information content (AvgIpc) is 2.83. The maximum Gasteiger partial charge on any atom is 0.433 e. The van der Waals surface area contributed by atoms with Crippen LogP contribution < -0.4 is 16.0 Å². The Morgan fingerprint density at radius 3 is 2.49 bits per heavy atom. The Morgan fingerprint density at radius 1 is 1.14 bits per heavy atom. The lowest BCUT2D eigenvalue weighted by atomic mass is 9.89. The lowest BCUT2D eigenvalue weighted by Crippen LogP contribution is -2.42. The van der Waals surface area contributed by atoms with E-state index in [0.29, 0.717) is 47.6 Å². The first kappa shape index (κ1) is 25.0. The smallest absolute Gasteiger partial charge is 0.382 e. The van der Waals surface area contributed by atoms with Gasteiger partial charge in [-0.2, -0.15) is 13.2 Å². The van der Waals surface area contributed by atoms with Crippen LogP contribution in [0.2, 0.25) is 5.02 Å². The number of primary amides is 1. The SMILES string of the molecule is NC(=O)c1ccc(N(CCF)C2CCC(Nc3cc(C(F)(F)F)nc4ccc(Cl)cc34)CC2)nc1. The van der Waals surface area contributed by atoms with Crippen LogP contribution in [0.4, 0.5) is 29.1 Å². The van der Waals surface area contributed by atoms with Crippen molar-refractivity contribution in [2.24, 2.45) is 5.73 Å². The van der Waals surface area contributed by atoms with Crippen LogP contribution in [0.25, 0.3) is 10.9 Å². The van der Waals surface area contributed by atoms with Crippen LogP contribution in [0, 0.1) is 0 Å². The minimum absolute atomic E-state index is 0.00472. The lowest BCUT2D eigenvalue weighted by molar-refractivity contribution is -0.140. The predicted molar refractivity (Wildman–Crippen MR) is 127 cm³/mol. The molecule has 1 aliphatic rings. The zero-order valence-electron chi connectivity index (χ0n) is 18.7. The van der Waals surface area contributed by atoms with Gasteiger partial charge >= 0.3 is 6.18 Å². The maximum absolute atomic E-state index is 13.4. The molecule has 3 N–H and O–H groups in total. The molecule has 6 nitrogen and oxygen atoms in total. The maximum atomic E-state index is 13.4. The van der Waals surface area contributed by atoms with Gasteiger partial charge in [-0.25, -0.2) is 14.4 Å². The van der Waals surface area contributed by atoms with Crippen molar-refractivity contribution in [3.8, 4) is 0 Å². The molecule has 2 aromatic heterocycles. The molecule has 0 bridgehead atoms. The van der Waals surface area contributed by atoms with Crippen molar-refractivity contribution in [1.29, 1.82) is 0 Å². The molecule has 0 atom stereocenters. The third-order valence-electron chi connectivity index (χ3n) is 6.21. The average molecular weight is 510 g/mol. The van der Waals surface area contributed by atoms with Crippen molar-refractivity contribution >= 4 is 39.9 Å². The Bertz CT molecular complexity index is 1200. The van der Waals surface area contributed by atoms with E-state index in [1.54, 1.807) is 18.2 Å². The summed E-state index contributed by atoms with van der Waals surface area (Å²) in [4.78, 5) is 21.2. The summed E-state index contributed by atoms with van der Waals surface area (Å²) >= 11 is 6.09. The van der Waals surface area contributed by atoms with E-state index in [4.69, 9.17) is 17.3 Å². The van der Waals surface area contributed by atoms with Gasteiger partial charge in [-0.15, -0.1) is 0 Å². The Morgan fingerprint density at radius 2 is 1.89 bits per heavy atom. The molecule has 1 fully saturated rings. The highest BCUT2D eigenvalue weighted by atomic mass is 35.5. The molecule has 3 aromatic rings. The lowest BCUT2D eigenvalue weighted by Gasteiger charge is -2.38. The van der Waals surface area contributed by atoms with Crippen LogP contribution in [-0.4, -0.2) is 41.2 Å². The number of carbonyl (C=O) groups is 1. The summed E-state index contributed by atoms with van der Waals surface area (Å²) in [5, 5.41) is 4.18. The van der Waals surface area contributed by atoms with E-state index in [2.05, 4.69) is 15.3 Å². The predicted octanol–water partition coefficient (Wildman–Crippen LogP) is 5.60. The van der Waals surface area contributed by atoms with Gasteiger partial charge in [0.1, 0.15) is 18.2 Å². The molecule has 0 saturated heterocycles. The van der Waals surface area contributed by atoms with Crippen LogP contribution in [0.15, 0.2) is 42.6 Å². The van der Waals surface area contributed by atoms with Gasteiger partial charge in [-0.05, 0) is 62.1 Å². The number of nitrogens with one attached hydrogen (secondary N) is 1. The third-order valence-corrected chi connectivity index (χ3v) is 6.45. The van der Waals surface area contributed by atoms with E-state index < -0.39 is 24.5 Å². The second kappa shape index (κ2) is 10.2. The summed E-state index contributed by atoms with van der Waals surface area (Å²) in [5.41, 5.74) is 5.10. The Balaban J connectivity index is 1.50. The third kappa shape index (κ3) is 5.75. The molecule has 11 heteroatoms. The van der Waals surface area contributed by atoms with Gasteiger partial charge in [-0.1, -0.05) is 11.6 Å². The number of halogens is 5. The van der Waals surface area contributed by atoms with Gasteiger partial charge in [0, 0.05) is 40.9 Å². The van der Waals surface area contributed by atoms with Gasteiger partial charge in [-0.3, -0.25) is 4.79 Å². The summed E-state index contributed by atoms with van der Waals surface area (Å²) in [6, 6.07) is 8.73. The molecular weight excluding hydrogens is 486 g/mol. The van der Waals surface area contributed by atoms with Crippen LogP contribution in [0.1, 0.15) is 41.7 Å². The number of hydrogen-bond donors (Lipinski definition) is 2. The van der Waals surface area contributed by atoms with Crippen molar-refractivity contribution in [2.45, 2.75) is 43.9 Å².